The normalized spacial score (nSPS) is 15.1. The molecule has 0 atom stereocenters. The second kappa shape index (κ2) is 8.88. The first-order valence-electron chi connectivity index (χ1n) is 10.5. The van der Waals surface area contributed by atoms with Crippen LogP contribution in [0.3, 0.4) is 0 Å². The third-order valence-corrected chi connectivity index (χ3v) is 6.85. The van der Waals surface area contributed by atoms with Crippen molar-refractivity contribution in [3.8, 4) is 0 Å². The van der Waals surface area contributed by atoms with E-state index in [2.05, 4.69) is 30.9 Å². The van der Waals surface area contributed by atoms with Crippen LogP contribution in [0.5, 0.6) is 0 Å². The van der Waals surface area contributed by atoms with Gasteiger partial charge < -0.3 is 9.15 Å². The molecule has 0 aliphatic carbocycles. The molecule has 0 N–H and O–H groups in total. The highest BCUT2D eigenvalue weighted by Gasteiger charge is 2.25. The van der Waals surface area contributed by atoms with Gasteiger partial charge in [-0.2, -0.15) is 0 Å². The van der Waals surface area contributed by atoms with E-state index in [0.717, 1.165) is 65.9 Å². The molecule has 3 heterocycles. The van der Waals surface area contributed by atoms with Crippen molar-refractivity contribution in [3.63, 3.8) is 0 Å². The molecule has 2 aromatic heterocycles. The second-order valence-electron chi connectivity index (χ2n) is 7.96. The number of amides is 1. The summed E-state index contributed by atoms with van der Waals surface area (Å²) in [4.78, 5) is 22.6. The van der Waals surface area contributed by atoms with E-state index in [9.17, 15) is 4.79 Å². The first-order chi connectivity index (χ1) is 14.4. The average molecular weight is 428 g/mol. The zero-order chi connectivity index (χ0) is 21.3. The number of thiazole rings is 1. The fourth-order valence-electron chi connectivity index (χ4n) is 3.91. The van der Waals surface area contributed by atoms with Crippen molar-refractivity contribution in [1.82, 2.24) is 9.88 Å². The van der Waals surface area contributed by atoms with Crippen molar-refractivity contribution in [2.75, 3.05) is 44.3 Å². The Morgan fingerprint density at radius 3 is 2.57 bits per heavy atom. The number of carbonyl (C=O) groups is 1. The van der Waals surface area contributed by atoms with Gasteiger partial charge in [0.15, 0.2) is 5.13 Å². The first-order valence-corrected chi connectivity index (χ1v) is 11.3. The standard InChI is InChI=1S/C23H29N3O3S/c1-15-6-7-16(2)21-20(15)24-23(30-21)26(9-5-8-25-10-12-28-13-11-25)22(27)19-14-17(3)29-18(19)4/h6-7,14H,5,8-13H2,1-4H3. The van der Waals surface area contributed by atoms with Crippen molar-refractivity contribution >= 4 is 32.6 Å². The van der Waals surface area contributed by atoms with E-state index in [1.54, 1.807) is 11.3 Å². The summed E-state index contributed by atoms with van der Waals surface area (Å²) in [5.41, 5.74) is 3.93. The lowest BCUT2D eigenvalue weighted by Crippen LogP contribution is -2.39. The van der Waals surface area contributed by atoms with Crippen molar-refractivity contribution in [3.05, 3.63) is 46.4 Å². The number of hydrogen-bond acceptors (Lipinski definition) is 6. The number of benzene rings is 1. The smallest absolute Gasteiger partial charge is 0.263 e. The summed E-state index contributed by atoms with van der Waals surface area (Å²) in [5, 5.41) is 0.757. The minimum atomic E-state index is -0.0410. The average Bonchev–Trinajstić information content (AvgIpc) is 3.32. The third kappa shape index (κ3) is 4.29. The van der Waals surface area contributed by atoms with E-state index in [0.29, 0.717) is 17.9 Å². The van der Waals surface area contributed by atoms with Gasteiger partial charge in [-0.15, -0.1) is 0 Å². The van der Waals surface area contributed by atoms with Crippen molar-refractivity contribution in [1.29, 1.82) is 0 Å². The molecule has 7 heteroatoms. The fourth-order valence-corrected chi connectivity index (χ4v) is 5.05. The monoisotopic (exact) mass is 427 g/mol. The van der Waals surface area contributed by atoms with Gasteiger partial charge in [0.25, 0.3) is 5.91 Å². The number of furan rings is 1. The molecule has 0 unspecified atom stereocenters. The van der Waals surface area contributed by atoms with Crippen LogP contribution in [-0.2, 0) is 4.74 Å². The van der Waals surface area contributed by atoms with Gasteiger partial charge in [0.2, 0.25) is 0 Å². The summed E-state index contributed by atoms with van der Waals surface area (Å²) in [6.45, 7) is 12.9. The number of aromatic nitrogens is 1. The molecular weight excluding hydrogens is 398 g/mol. The van der Waals surface area contributed by atoms with Crippen LogP contribution in [0, 0.1) is 27.7 Å². The molecule has 1 aliphatic heterocycles. The summed E-state index contributed by atoms with van der Waals surface area (Å²) in [5.74, 6) is 1.37. The summed E-state index contributed by atoms with van der Waals surface area (Å²) in [6.07, 6.45) is 0.884. The molecule has 1 amide bonds. The molecule has 0 bridgehead atoms. The van der Waals surface area contributed by atoms with Gasteiger partial charge in [-0.1, -0.05) is 23.5 Å². The Hall–Kier alpha value is -2.22. The predicted molar refractivity (Wildman–Crippen MR) is 121 cm³/mol. The topological polar surface area (TPSA) is 58.8 Å². The zero-order valence-corrected chi connectivity index (χ0v) is 19.0. The maximum Gasteiger partial charge on any atom is 0.263 e. The highest BCUT2D eigenvalue weighted by Crippen LogP contribution is 2.34. The number of ether oxygens (including phenoxy) is 1. The van der Waals surface area contributed by atoms with Crippen LogP contribution >= 0.6 is 11.3 Å². The molecule has 0 saturated carbocycles. The van der Waals surface area contributed by atoms with E-state index >= 15 is 0 Å². The lowest BCUT2D eigenvalue weighted by atomic mass is 10.1. The number of carbonyl (C=O) groups excluding carboxylic acids is 1. The molecule has 1 saturated heterocycles. The minimum Gasteiger partial charge on any atom is -0.466 e. The number of hydrogen-bond donors (Lipinski definition) is 0. The summed E-state index contributed by atoms with van der Waals surface area (Å²) < 4.78 is 12.2. The zero-order valence-electron chi connectivity index (χ0n) is 18.2. The Morgan fingerprint density at radius 1 is 1.17 bits per heavy atom. The second-order valence-corrected chi connectivity index (χ2v) is 8.94. The van der Waals surface area contributed by atoms with Crippen molar-refractivity contribution in [2.45, 2.75) is 34.1 Å². The quantitative estimate of drug-likeness (QED) is 0.580. The highest BCUT2D eigenvalue weighted by molar-refractivity contribution is 7.22. The van der Waals surface area contributed by atoms with E-state index in [-0.39, 0.29) is 5.91 Å². The van der Waals surface area contributed by atoms with Gasteiger partial charge in [0.05, 0.1) is 29.0 Å². The highest BCUT2D eigenvalue weighted by atomic mass is 32.1. The van der Waals surface area contributed by atoms with Crippen LogP contribution in [0.15, 0.2) is 22.6 Å². The van der Waals surface area contributed by atoms with Crippen LogP contribution in [-0.4, -0.2) is 55.2 Å². The van der Waals surface area contributed by atoms with Crippen LogP contribution in [0.2, 0.25) is 0 Å². The Labute approximate surface area is 181 Å². The van der Waals surface area contributed by atoms with Gasteiger partial charge in [-0.25, -0.2) is 4.98 Å². The molecule has 0 spiro atoms. The largest absolute Gasteiger partial charge is 0.466 e. The third-order valence-electron chi connectivity index (χ3n) is 5.64. The molecule has 3 aromatic rings. The molecule has 160 valence electrons. The SMILES string of the molecule is Cc1cc(C(=O)N(CCCN2CCOCC2)c2nc3c(C)ccc(C)c3s2)c(C)o1. The number of aryl methyl sites for hydroxylation is 4. The number of fused-ring (bicyclic) bond motifs is 1. The molecule has 30 heavy (non-hydrogen) atoms. The molecule has 1 aromatic carbocycles. The number of morpholine rings is 1. The summed E-state index contributed by atoms with van der Waals surface area (Å²) >= 11 is 1.60. The van der Waals surface area contributed by atoms with E-state index in [1.165, 1.54) is 5.56 Å². The molecular formula is C23H29N3O3S. The maximum atomic E-state index is 13.5. The minimum absolute atomic E-state index is 0.0410. The van der Waals surface area contributed by atoms with Gasteiger partial charge in [0.1, 0.15) is 11.5 Å². The van der Waals surface area contributed by atoms with Crippen LogP contribution in [0.1, 0.15) is 39.4 Å². The summed E-state index contributed by atoms with van der Waals surface area (Å²) in [7, 11) is 0. The van der Waals surface area contributed by atoms with Crippen LogP contribution in [0.25, 0.3) is 10.2 Å². The maximum absolute atomic E-state index is 13.5. The lowest BCUT2D eigenvalue weighted by Gasteiger charge is -2.27. The lowest BCUT2D eigenvalue weighted by molar-refractivity contribution is 0.0376. The Morgan fingerprint density at radius 2 is 1.90 bits per heavy atom. The van der Waals surface area contributed by atoms with Crippen molar-refractivity contribution < 1.29 is 13.9 Å². The molecule has 4 rings (SSSR count). The first kappa shape index (κ1) is 21.0. The van der Waals surface area contributed by atoms with Gasteiger partial charge >= 0.3 is 0 Å². The van der Waals surface area contributed by atoms with E-state index < -0.39 is 0 Å². The fraction of sp³-hybridized carbons (Fsp3) is 0.478. The number of nitrogens with zero attached hydrogens (tertiary/aromatic N) is 3. The van der Waals surface area contributed by atoms with E-state index in [4.69, 9.17) is 14.1 Å². The predicted octanol–water partition coefficient (Wildman–Crippen LogP) is 4.49. The number of rotatable bonds is 6. The van der Waals surface area contributed by atoms with E-state index in [1.807, 2.05) is 24.8 Å². The molecule has 1 fully saturated rings. The van der Waals surface area contributed by atoms with Crippen LogP contribution in [0.4, 0.5) is 5.13 Å². The summed E-state index contributed by atoms with van der Waals surface area (Å²) in [6, 6.07) is 6.04. The molecule has 6 nitrogen and oxygen atoms in total. The van der Waals surface area contributed by atoms with Crippen molar-refractivity contribution in [2.24, 2.45) is 0 Å². The molecule has 0 radical (unpaired) electrons. The Balaban J connectivity index is 1.62. The van der Waals surface area contributed by atoms with Crippen LogP contribution < -0.4 is 4.90 Å². The Bertz CT molecular complexity index is 1010. The number of anilines is 1. The Kier molecular flexibility index (Phi) is 6.22. The van der Waals surface area contributed by atoms with Gasteiger partial charge in [0, 0.05) is 26.2 Å². The van der Waals surface area contributed by atoms with Gasteiger partial charge in [-0.3, -0.25) is 14.6 Å². The molecule has 1 aliphatic rings. The van der Waals surface area contributed by atoms with Gasteiger partial charge in [-0.05, 0) is 51.3 Å².